The zero-order chi connectivity index (χ0) is 12.4. The van der Waals surface area contributed by atoms with E-state index in [-0.39, 0.29) is 0 Å². The van der Waals surface area contributed by atoms with Crippen LogP contribution in [0.4, 0.5) is 5.69 Å². The highest BCUT2D eigenvalue weighted by atomic mass is 32.1. The van der Waals surface area contributed by atoms with Gasteiger partial charge in [-0.2, -0.15) is 5.26 Å². The van der Waals surface area contributed by atoms with Crippen LogP contribution in [0.2, 0.25) is 0 Å². The molecule has 90 valence electrons. The molecule has 1 atom stereocenters. The molecule has 18 heavy (non-hydrogen) atoms. The predicted octanol–water partition coefficient (Wildman–Crippen LogP) is 4.11. The molecule has 1 aromatic heterocycles. The van der Waals surface area contributed by atoms with Crippen molar-refractivity contribution in [2.75, 3.05) is 5.32 Å². The molecule has 0 spiro atoms. The van der Waals surface area contributed by atoms with Crippen molar-refractivity contribution in [1.82, 2.24) is 0 Å². The van der Waals surface area contributed by atoms with Gasteiger partial charge in [-0.15, -0.1) is 11.3 Å². The number of benzene rings is 1. The number of hydrogen-bond acceptors (Lipinski definition) is 3. The van der Waals surface area contributed by atoms with Crippen LogP contribution in [0.15, 0.2) is 35.7 Å². The third-order valence-electron chi connectivity index (χ3n) is 3.38. The van der Waals surface area contributed by atoms with Gasteiger partial charge in [-0.25, -0.2) is 0 Å². The second kappa shape index (κ2) is 4.83. The molecule has 0 aliphatic heterocycles. The van der Waals surface area contributed by atoms with Crippen molar-refractivity contribution in [2.24, 2.45) is 0 Å². The van der Waals surface area contributed by atoms with E-state index in [4.69, 9.17) is 5.26 Å². The van der Waals surface area contributed by atoms with E-state index in [1.807, 2.05) is 35.6 Å². The molecule has 3 heteroatoms. The smallest absolute Gasteiger partial charge is 0.0992 e. The van der Waals surface area contributed by atoms with Gasteiger partial charge in [0.25, 0.3) is 0 Å². The zero-order valence-corrected chi connectivity index (χ0v) is 10.8. The van der Waals surface area contributed by atoms with Crippen molar-refractivity contribution in [2.45, 2.75) is 25.3 Å². The molecule has 0 saturated carbocycles. The third-order valence-corrected chi connectivity index (χ3v) is 4.38. The summed E-state index contributed by atoms with van der Waals surface area (Å²) < 4.78 is 0. The Labute approximate surface area is 111 Å². The number of nitrogens with one attached hydrogen (secondary N) is 1. The molecule has 0 radical (unpaired) electrons. The van der Waals surface area contributed by atoms with Crippen molar-refractivity contribution in [1.29, 1.82) is 5.26 Å². The minimum atomic E-state index is 0.397. The Morgan fingerprint density at radius 1 is 1.33 bits per heavy atom. The summed E-state index contributed by atoms with van der Waals surface area (Å²) in [6.45, 7) is 0. The topological polar surface area (TPSA) is 35.8 Å². The Balaban J connectivity index is 1.84. The normalized spacial score (nSPS) is 17.8. The van der Waals surface area contributed by atoms with Crippen LogP contribution in [0.3, 0.4) is 0 Å². The molecular weight excluding hydrogens is 240 g/mol. The summed E-state index contributed by atoms with van der Waals surface area (Å²) in [7, 11) is 0. The average Bonchev–Trinajstić information content (AvgIpc) is 2.88. The van der Waals surface area contributed by atoms with Crippen LogP contribution < -0.4 is 5.32 Å². The summed E-state index contributed by atoms with van der Waals surface area (Å²) in [4.78, 5) is 1.51. The largest absolute Gasteiger partial charge is 0.378 e. The maximum atomic E-state index is 8.92. The first kappa shape index (κ1) is 11.3. The molecule has 0 amide bonds. The SMILES string of the molecule is N#Cc1cccc(NC2CCCc3sccc32)c1. The molecule has 1 heterocycles. The van der Waals surface area contributed by atoms with Gasteiger partial charge in [-0.3, -0.25) is 0 Å². The summed E-state index contributed by atoms with van der Waals surface area (Å²) in [6, 6.07) is 12.5. The van der Waals surface area contributed by atoms with Crippen molar-refractivity contribution >= 4 is 17.0 Å². The van der Waals surface area contributed by atoms with E-state index >= 15 is 0 Å². The molecule has 1 unspecified atom stereocenters. The van der Waals surface area contributed by atoms with Crippen LogP contribution >= 0.6 is 11.3 Å². The summed E-state index contributed by atoms with van der Waals surface area (Å²) in [5.74, 6) is 0. The lowest BCUT2D eigenvalue weighted by atomic mass is 9.94. The predicted molar refractivity (Wildman–Crippen MR) is 74.8 cm³/mol. The highest BCUT2D eigenvalue weighted by molar-refractivity contribution is 7.10. The monoisotopic (exact) mass is 254 g/mol. The van der Waals surface area contributed by atoms with Crippen molar-refractivity contribution in [3.63, 3.8) is 0 Å². The van der Waals surface area contributed by atoms with Crippen LogP contribution in [0.25, 0.3) is 0 Å². The molecular formula is C15H14N2S. The number of hydrogen-bond donors (Lipinski definition) is 1. The maximum absolute atomic E-state index is 8.92. The first-order valence-electron chi connectivity index (χ1n) is 6.20. The summed E-state index contributed by atoms with van der Waals surface area (Å²) >= 11 is 1.85. The molecule has 2 nitrogen and oxygen atoms in total. The lowest BCUT2D eigenvalue weighted by molar-refractivity contribution is 0.609. The standard InChI is InChI=1S/C15H14N2S/c16-10-11-3-1-4-12(9-11)17-14-5-2-6-15-13(14)7-8-18-15/h1,3-4,7-9,14,17H,2,5-6H2. The van der Waals surface area contributed by atoms with Gasteiger partial charge in [0.05, 0.1) is 17.7 Å². The second-order valence-corrected chi connectivity index (χ2v) is 5.58. The van der Waals surface area contributed by atoms with Gasteiger partial charge in [-0.05, 0) is 54.5 Å². The van der Waals surface area contributed by atoms with Gasteiger partial charge in [0.15, 0.2) is 0 Å². The first-order chi connectivity index (χ1) is 8.86. The number of anilines is 1. The molecule has 2 aromatic rings. The fraction of sp³-hybridized carbons (Fsp3) is 0.267. The number of thiophene rings is 1. The van der Waals surface area contributed by atoms with Gasteiger partial charge < -0.3 is 5.32 Å². The van der Waals surface area contributed by atoms with Crippen molar-refractivity contribution < 1.29 is 0 Å². The van der Waals surface area contributed by atoms with E-state index in [1.165, 1.54) is 29.7 Å². The van der Waals surface area contributed by atoms with Gasteiger partial charge in [0.1, 0.15) is 0 Å². The lowest BCUT2D eigenvalue weighted by Gasteiger charge is -2.24. The number of nitrogens with zero attached hydrogens (tertiary/aromatic N) is 1. The minimum absolute atomic E-state index is 0.397. The van der Waals surface area contributed by atoms with Gasteiger partial charge >= 0.3 is 0 Å². The molecule has 0 fully saturated rings. The van der Waals surface area contributed by atoms with Crippen LogP contribution in [0.5, 0.6) is 0 Å². The van der Waals surface area contributed by atoms with Crippen LogP contribution in [-0.4, -0.2) is 0 Å². The molecule has 1 aliphatic carbocycles. The van der Waals surface area contributed by atoms with E-state index in [9.17, 15) is 0 Å². The second-order valence-electron chi connectivity index (χ2n) is 4.58. The van der Waals surface area contributed by atoms with Crippen LogP contribution in [-0.2, 0) is 6.42 Å². The van der Waals surface area contributed by atoms with E-state index in [0.29, 0.717) is 11.6 Å². The van der Waals surface area contributed by atoms with E-state index in [2.05, 4.69) is 22.8 Å². The summed E-state index contributed by atoms with van der Waals surface area (Å²) in [5.41, 5.74) is 3.19. The Kier molecular flexibility index (Phi) is 3.04. The minimum Gasteiger partial charge on any atom is -0.378 e. The quantitative estimate of drug-likeness (QED) is 0.875. The molecule has 1 N–H and O–H groups in total. The number of fused-ring (bicyclic) bond motifs is 1. The summed E-state index contributed by atoms with van der Waals surface area (Å²) in [6.07, 6.45) is 3.62. The van der Waals surface area contributed by atoms with E-state index in [0.717, 1.165) is 5.69 Å². The fourth-order valence-electron chi connectivity index (χ4n) is 2.52. The summed E-state index contributed by atoms with van der Waals surface area (Å²) in [5, 5.41) is 14.6. The van der Waals surface area contributed by atoms with Gasteiger partial charge in [0.2, 0.25) is 0 Å². The highest BCUT2D eigenvalue weighted by Crippen LogP contribution is 2.35. The maximum Gasteiger partial charge on any atom is 0.0992 e. The lowest BCUT2D eigenvalue weighted by Crippen LogP contribution is -2.15. The molecule has 1 aromatic carbocycles. The first-order valence-corrected chi connectivity index (χ1v) is 7.08. The van der Waals surface area contributed by atoms with Crippen LogP contribution in [0, 0.1) is 11.3 Å². The number of aryl methyl sites for hydroxylation is 1. The van der Waals surface area contributed by atoms with Gasteiger partial charge in [0, 0.05) is 10.6 Å². The van der Waals surface area contributed by atoms with Crippen molar-refractivity contribution in [3.05, 3.63) is 51.7 Å². The number of rotatable bonds is 2. The van der Waals surface area contributed by atoms with Gasteiger partial charge in [-0.1, -0.05) is 6.07 Å². The fourth-order valence-corrected chi connectivity index (χ4v) is 3.50. The van der Waals surface area contributed by atoms with E-state index in [1.54, 1.807) is 0 Å². The average molecular weight is 254 g/mol. The molecule has 0 bridgehead atoms. The molecule has 3 rings (SSSR count). The molecule has 1 aliphatic rings. The zero-order valence-electron chi connectivity index (χ0n) is 10.0. The Hall–Kier alpha value is -1.79. The van der Waals surface area contributed by atoms with E-state index < -0.39 is 0 Å². The third kappa shape index (κ3) is 2.12. The Bertz CT molecular complexity index is 595. The van der Waals surface area contributed by atoms with Crippen molar-refractivity contribution in [3.8, 4) is 6.07 Å². The highest BCUT2D eigenvalue weighted by Gasteiger charge is 2.20. The molecule has 0 saturated heterocycles. The number of nitriles is 1. The Morgan fingerprint density at radius 2 is 2.28 bits per heavy atom. The Morgan fingerprint density at radius 3 is 3.17 bits per heavy atom. The van der Waals surface area contributed by atoms with Crippen LogP contribution in [0.1, 0.15) is 34.9 Å².